The number of carboxylic acids is 1. The van der Waals surface area contributed by atoms with Gasteiger partial charge in [-0.15, -0.1) is 0 Å². The Morgan fingerprint density at radius 2 is 2.00 bits per heavy atom. The SMILES string of the molecule is CCC(=O)c1ccc(N[C@H](C(=O)O)[C@@H](C)CC)c([N+](=O)[O-])c1. The van der Waals surface area contributed by atoms with Crippen molar-refractivity contribution < 1.29 is 19.6 Å². The number of aliphatic carboxylic acids is 1. The molecule has 0 aromatic heterocycles. The first-order valence-electron chi connectivity index (χ1n) is 7.12. The van der Waals surface area contributed by atoms with Crippen molar-refractivity contribution in [3.05, 3.63) is 33.9 Å². The summed E-state index contributed by atoms with van der Waals surface area (Å²) in [7, 11) is 0. The number of nitro groups is 1. The van der Waals surface area contributed by atoms with E-state index >= 15 is 0 Å². The van der Waals surface area contributed by atoms with Crippen LogP contribution < -0.4 is 5.32 Å². The predicted molar refractivity (Wildman–Crippen MR) is 82.2 cm³/mol. The Hall–Kier alpha value is -2.44. The molecule has 0 amide bonds. The van der Waals surface area contributed by atoms with Crippen molar-refractivity contribution in [1.29, 1.82) is 0 Å². The first-order chi connectivity index (χ1) is 10.3. The number of carboxylic acid groups (broad SMARTS) is 1. The number of nitrogens with zero attached hydrogens (tertiary/aromatic N) is 1. The molecule has 7 heteroatoms. The highest BCUT2D eigenvalue weighted by molar-refractivity contribution is 5.97. The molecule has 0 aliphatic heterocycles. The quantitative estimate of drug-likeness (QED) is 0.434. The molecule has 0 saturated heterocycles. The average Bonchev–Trinajstić information content (AvgIpc) is 2.50. The van der Waals surface area contributed by atoms with E-state index in [-0.39, 0.29) is 35.1 Å². The lowest BCUT2D eigenvalue weighted by atomic mass is 9.98. The zero-order valence-corrected chi connectivity index (χ0v) is 12.8. The standard InChI is InChI=1S/C15H20N2O5/c1-4-9(3)14(15(19)20)16-11-7-6-10(13(18)5-2)8-12(11)17(21)22/h6-9,14,16H,4-5H2,1-3H3,(H,19,20)/t9-,14-/m0/s1. The Balaban J connectivity index is 3.20. The van der Waals surface area contributed by atoms with Gasteiger partial charge in [-0.25, -0.2) is 4.79 Å². The van der Waals surface area contributed by atoms with Crippen LogP contribution in [0.4, 0.5) is 11.4 Å². The molecular weight excluding hydrogens is 288 g/mol. The van der Waals surface area contributed by atoms with Gasteiger partial charge >= 0.3 is 5.97 Å². The molecule has 0 aliphatic rings. The fraction of sp³-hybridized carbons (Fsp3) is 0.467. The van der Waals surface area contributed by atoms with Crippen LogP contribution in [0.1, 0.15) is 44.0 Å². The van der Waals surface area contributed by atoms with E-state index < -0.39 is 16.9 Å². The van der Waals surface area contributed by atoms with E-state index in [9.17, 15) is 24.8 Å². The van der Waals surface area contributed by atoms with Gasteiger partial charge in [-0.05, 0) is 18.1 Å². The number of benzene rings is 1. The van der Waals surface area contributed by atoms with E-state index in [1.54, 1.807) is 13.8 Å². The summed E-state index contributed by atoms with van der Waals surface area (Å²) >= 11 is 0. The molecule has 1 aromatic rings. The summed E-state index contributed by atoms with van der Waals surface area (Å²) in [6.45, 7) is 5.27. The molecule has 2 atom stereocenters. The number of hydrogen-bond acceptors (Lipinski definition) is 5. The number of nitro benzene ring substituents is 1. The van der Waals surface area contributed by atoms with Crippen LogP contribution >= 0.6 is 0 Å². The van der Waals surface area contributed by atoms with Gasteiger partial charge in [0.2, 0.25) is 0 Å². The van der Waals surface area contributed by atoms with Crippen molar-refractivity contribution in [2.24, 2.45) is 5.92 Å². The fourth-order valence-corrected chi connectivity index (χ4v) is 2.03. The third-order valence-corrected chi connectivity index (χ3v) is 3.63. The van der Waals surface area contributed by atoms with Gasteiger partial charge < -0.3 is 10.4 Å². The van der Waals surface area contributed by atoms with E-state index in [1.807, 2.05) is 6.92 Å². The first-order valence-corrected chi connectivity index (χ1v) is 7.12. The van der Waals surface area contributed by atoms with Crippen molar-refractivity contribution in [1.82, 2.24) is 0 Å². The van der Waals surface area contributed by atoms with Crippen LogP contribution in [0.5, 0.6) is 0 Å². The third kappa shape index (κ3) is 4.03. The van der Waals surface area contributed by atoms with Crippen LogP contribution in [0.3, 0.4) is 0 Å². The van der Waals surface area contributed by atoms with E-state index in [0.29, 0.717) is 6.42 Å². The van der Waals surface area contributed by atoms with E-state index in [2.05, 4.69) is 5.32 Å². The van der Waals surface area contributed by atoms with Crippen LogP contribution in [0.25, 0.3) is 0 Å². The molecule has 0 aliphatic carbocycles. The first kappa shape index (κ1) is 17.6. The number of anilines is 1. The van der Waals surface area contributed by atoms with Crippen molar-refractivity contribution in [3.63, 3.8) is 0 Å². The van der Waals surface area contributed by atoms with Crippen LogP contribution in [0.15, 0.2) is 18.2 Å². The average molecular weight is 308 g/mol. The molecular formula is C15H20N2O5. The summed E-state index contributed by atoms with van der Waals surface area (Å²) in [5.41, 5.74) is 0.0503. The van der Waals surface area contributed by atoms with Gasteiger partial charge in [0.05, 0.1) is 4.92 Å². The molecule has 0 unspecified atom stereocenters. The number of ketones is 1. The molecule has 0 spiro atoms. The third-order valence-electron chi connectivity index (χ3n) is 3.63. The highest BCUT2D eigenvalue weighted by Gasteiger charge is 2.26. The molecule has 1 rings (SSSR count). The molecule has 0 heterocycles. The molecule has 0 saturated carbocycles. The molecule has 22 heavy (non-hydrogen) atoms. The largest absolute Gasteiger partial charge is 0.480 e. The van der Waals surface area contributed by atoms with Crippen molar-refractivity contribution in [2.45, 2.75) is 39.7 Å². The summed E-state index contributed by atoms with van der Waals surface area (Å²) in [4.78, 5) is 33.5. The lowest BCUT2D eigenvalue weighted by Gasteiger charge is -2.21. The highest BCUT2D eigenvalue weighted by atomic mass is 16.6. The Labute approximate surface area is 128 Å². The summed E-state index contributed by atoms with van der Waals surface area (Å²) in [6.07, 6.45) is 0.860. The smallest absolute Gasteiger partial charge is 0.326 e. The maximum absolute atomic E-state index is 11.6. The molecule has 0 radical (unpaired) electrons. The number of Topliss-reactive ketones (excluding diaryl/α,β-unsaturated/α-hetero) is 1. The maximum Gasteiger partial charge on any atom is 0.326 e. The second kappa shape index (κ2) is 7.53. The minimum atomic E-state index is -1.07. The second-order valence-corrected chi connectivity index (χ2v) is 5.11. The lowest BCUT2D eigenvalue weighted by molar-refractivity contribution is -0.384. The Kier molecular flexibility index (Phi) is 6.03. The molecule has 1 aromatic carbocycles. The number of nitrogens with one attached hydrogen (secondary N) is 1. The van der Waals surface area contributed by atoms with Crippen molar-refractivity contribution in [2.75, 3.05) is 5.32 Å². The van der Waals surface area contributed by atoms with Gasteiger partial charge in [0.15, 0.2) is 5.78 Å². The number of carbonyl (C=O) groups is 2. The summed E-state index contributed by atoms with van der Waals surface area (Å²) in [6, 6.07) is 3.11. The Morgan fingerprint density at radius 1 is 1.36 bits per heavy atom. The summed E-state index contributed by atoms with van der Waals surface area (Å²) < 4.78 is 0. The number of hydrogen-bond donors (Lipinski definition) is 2. The molecule has 120 valence electrons. The number of rotatable bonds is 8. The van der Waals surface area contributed by atoms with E-state index in [0.717, 1.165) is 0 Å². The summed E-state index contributed by atoms with van der Waals surface area (Å²) in [5, 5.41) is 23.2. The normalized spacial score (nSPS) is 13.2. The zero-order valence-electron chi connectivity index (χ0n) is 12.8. The topological polar surface area (TPSA) is 110 Å². The monoisotopic (exact) mass is 308 g/mol. The molecule has 7 nitrogen and oxygen atoms in total. The van der Waals surface area contributed by atoms with Crippen LogP contribution in [0.2, 0.25) is 0 Å². The van der Waals surface area contributed by atoms with Gasteiger partial charge in [0, 0.05) is 18.1 Å². The Morgan fingerprint density at radius 3 is 2.45 bits per heavy atom. The van der Waals surface area contributed by atoms with E-state index in [1.165, 1.54) is 18.2 Å². The van der Waals surface area contributed by atoms with Gasteiger partial charge in [-0.2, -0.15) is 0 Å². The fourth-order valence-electron chi connectivity index (χ4n) is 2.03. The van der Waals surface area contributed by atoms with Crippen molar-refractivity contribution in [3.8, 4) is 0 Å². The zero-order chi connectivity index (χ0) is 16.9. The van der Waals surface area contributed by atoms with Crippen molar-refractivity contribution >= 4 is 23.1 Å². The maximum atomic E-state index is 11.6. The van der Waals surface area contributed by atoms with Gasteiger partial charge in [-0.3, -0.25) is 14.9 Å². The minimum absolute atomic E-state index is 0.102. The predicted octanol–water partition coefficient (Wildman–Crippen LogP) is 3.10. The van der Waals surface area contributed by atoms with Crippen LogP contribution in [-0.4, -0.2) is 27.8 Å². The van der Waals surface area contributed by atoms with Gasteiger partial charge in [-0.1, -0.05) is 27.2 Å². The number of carbonyl (C=O) groups excluding carboxylic acids is 1. The highest BCUT2D eigenvalue weighted by Crippen LogP contribution is 2.28. The summed E-state index contributed by atoms with van der Waals surface area (Å²) in [5.74, 6) is -1.47. The lowest BCUT2D eigenvalue weighted by Crippen LogP contribution is -2.35. The van der Waals surface area contributed by atoms with Crippen LogP contribution in [-0.2, 0) is 4.79 Å². The Bertz CT molecular complexity index is 585. The molecule has 2 N–H and O–H groups in total. The second-order valence-electron chi connectivity index (χ2n) is 5.11. The molecule has 0 fully saturated rings. The van der Waals surface area contributed by atoms with Gasteiger partial charge in [0.25, 0.3) is 5.69 Å². The minimum Gasteiger partial charge on any atom is -0.480 e. The molecule has 0 bridgehead atoms. The van der Waals surface area contributed by atoms with Crippen LogP contribution in [0, 0.1) is 16.0 Å². The van der Waals surface area contributed by atoms with E-state index in [4.69, 9.17) is 0 Å². The van der Waals surface area contributed by atoms with Gasteiger partial charge in [0.1, 0.15) is 11.7 Å².